The van der Waals surface area contributed by atoms with Crippen LogP contribution in [-0.2, 0) is 11.3 Å². The average molecular weight is 455 g/mol. The lowest BCUT2D eigenvalue weighted by atomic mass is 10.1. The van der Waals surface area contributed by atoms with Crippen molar-refractivity contribution in [3.8, 4) is 17.2 Å². The molecular weight excluding hydrogens is 432 g/mol. The van der Waals surface area contributed by atoms with Gasteiger partial charge in [-0.2, -0.15) is 0 Å². The summed E-state index contributed by atoms with van der Waals surface area (Å²) in [6.45, 7) is 5.99. The van der Waals surface area contributed by atoms with Gasteiger partial charge in [-0.1, -0.05) is 36.4 Å². The summed E-state index contributed by atoms with van der Waals surface area (Å²) in [5.74, 6) is 1.31. The average Bonchev–Trinajstić information content (AvgIpc) is 2.68. The SMILES string of the molecule is CC(C)(C)OC(=O)c1cccc(Br)c1Oc1ccc(OCc2ccccc2)cc1. The van der Waals surface area contributed by atoms with Crippen LogP contribution in [0, 0.1) is 0 Å². The number of hydrogen-bond donors (Lipinski definition) is 0. The first-order chi connectivity index (χ1) is 13.8. The van der Waals surface area contributed by atoms with Crippen LogP contribution in [0.2, 0.25) is 0 Å². The van der Waals surface area contributed by atoms with Gasteiger partial charge in [-0.05, 0) is 78.7 Å². The lowest BCUT2D eigenvalue weighted by Crippen LogP contribution is -2.24. The number of carbonyl (C=O) groups is 1. The number of halogens is 1. The molecule has 0 saturated heterocycles. The zero-order chi connectivity index (χ0) is 20.9. The minimum absolute atomic E-state index is 0.360. The van der Waals surface area contributed by atoms with E-state index >= 15 is 0 Å². The first-order valence-corrected chi connectivity index (χ1v) is 10.1. The summed E-state index contributed by atoms with van der Waals surface area (Å²) >= 11 is 3.46. The topological polar surface area (TPSA) is 44.8 Å². The summed E-state index contributed by atoms with van der Waals surface area (Å²) in [5.41, 5.74) is 0.871. The minimum Gasteiger partial charge on any atom is -0.489 e. The van der Waals surface area contributed by atoms with E-state index < -0.39 is 11.6 Å². The van der Waals surface area contributed by atoms with Gasteiger partial charge in [-0.15, -0.1) is 0 Å². The van der Waals surface area contributed by atoms with Crippen molar-refractivity contribution >= 4 is 21.9 Å². The second-order valence-electron chi connectivity index (χ2n) is 7.47. The van der Waals surface area contributed by atoms with Gasteiger partial charge in [0.1, 0.15) is 29.3 Å². The number of para-hydroxylation sites is 1. The lowest BCUT2D eigenvalue weighted by Gasteiger charge is -2.21. The van der Waals surface area contributed by atoms with Crippen LogP contribution in [0.4, 0.5) is 0 Å². The third kappa shape index (κ3) is 6.09. The number of ether oxygens (including phenoxy) is 3. The first kappa shape index (κ1) is 20.9. The Bertz CT molecular complexity index is 960. The van der Waals surface area contributed by atoms with Gasteiger partial charge in [0.2, 0.25) is 0 Å². The molecule has 0 fully saturated rings. The molecule has 0 aromatic heterocycles. The highest BCUT2D eigenvalue weighted by Crippen LogP contribution is 2.35. The standard InChI is InChI=1S/C24H23BrO4/c1-24(2,3)29-23(26)20-10-7-11-21(25)22(20)28-19-14-12-18(13-15-19)27-16-17-8-5-4-6-9-17/h4-15H,16H2,1-3H3. The van der Waals surface area contributed by atoms with Gasteiger partial charge in [0.15, 0.2) is 5.75 Å². The predicted octanol–water partition coefficient (Wildman–Crippen LogP) is 6.78. The van der Waals surface area contributed by atoms with Crippen molar-refractivity contribution in [2.24, 2.45) is 0 Å². The van der Waals surface area contributed by atoms with Crippen LogP contribution >= 0.6 is 15.9 Å². The molecule has 0 spiro atoms. The molecule has 150 valence electrons. The van der Waals surface area contributed by atoms with Gasteiger partial charge in [0, 0.05) is 0 Å². The second kappa shape index (κ2) is 9.14. The van der Waals surface area contributed by atoms with E-state index in [9.17, 15) is 4.79 Å². The number of rotatable bonds is 6. The fourth-order valence-corrected chi connectivity index (χ4v) is 3.02. The maximum atomic E-state index is 12.6. The Labute approximate surface area is 179 Å². The number of carbonyl (C=O) groups excluding carboxylic acids is 1. The molecule has 0 N–H and O–H groups in total. The van der Waals surface area contributed by atoms with E-state index in [1.807, 2.05) is 69.3 Å². The fourth-order valence-electron chi connectivity index (χ4n) is 2.57. The summed E-state index contributed by atoms with van der Waals surface area (Å²) in [7, 11) is 0. The van der Waals surface area contributed by atoms with Crippen molar-refractivity contribution in [1.29, 1.82) is 0 Å². The molecule has 3 aromatic rings. The van der Waals surface area contributed by atoms with Gasteiger partial charge < -0.3 is 14.2 Å². The Morgan fingerprint density at radius 2 is 1.52 bits per heavy atom. The molecule has 0 amide bonds. The minimum atomic E-state index is -0.589. The molecule has 0 aliphatic rings. The Balaban J connectivity index is 1.72. The van der Waals surface area contributed by atoms with E-state index in [-0.39, 0.29) is 0 Å². The van der Waals surface area contributed by atoms with E-state index in [1.165, 1.54) is 0 Å². The van der Waals surface area contributed by atoms with Crippen molar-refractivity contribution in [2.45, 2.75) is 33.0 Å². The van der Waals surface area contributed by atoms with Crippen molar-refractivity contribution in [1.82, 2.24) is 0 Å². The molecule has 0 saturated carbocycles. The molecule has 3 rings (SSSR count). The van der Waals surface area contributed by atoms with Crippen LogP contribution in [0.1, 0.15) is 36.7 Å². The molecule has 0 bridgehead atoms. The van der Waals surface area contributed by atoms with Crippen LogP contribution in [0.25, 0.3) is 0 Å². The quantitative estimate of drug-likeness (QED) is 0.385. The predicted molar refractivity (Wildman–Crippen MR) is 117 cm³/mol. The Kier molecular flexibility index (Phi) is 6.60. The van der Waals surface area contributed by atoms with Gasteiger partial charge in [-0.25, -0.2) is 4.79 Å². The van der Waals surface area contributed by atoms with Crippen LogP contribution in [0.5, 0.6) is 17.2 Å². The molecule has 0 radical (unpaired) electrons. The summed E-state index contributed by atoms with van der Waals surface area (Å²) in [5, 5.41) is 0. The van der Waals surface area contributed by atoms with E-state index in [0.717, 1.165) is 11.3 Å². The highest BCUT2D eigenvalue weighted by atomic mass is 79.9. The summed E-state index contributed by atoms with van der Waals surface area (Å²) in [4.78, 5) is 12.6. The Morgan fingerprint density at radius 3 is 2.17 bits per heavy atom. The fraction of sp³-hybridized carbons (Fsp3) is 0.208. The highest BCUT2D eigenvalue weighted by Gasteiger charge is 2.22. The molecule has 0 unspecified atom stereocenters. The number of hydrogen-bond acceptors (Lipinski definition) is 4. The molecule has 0 heterocycles. The smallest absolute Gasteiger partial charge is 0.342 e. The Morgan fingerprint density at radius 1 is 0.862 bits per heavy atom. The maximum absolute atomic E-state index is 12.6. The van der Waals surface area contributed by atoms with Crippen molar-refractivity contribution < 1.29 is 19.0 Å². The van der Waals surface area contributed by atoms with Crippen LogP contribution in [0.3, 0.4) is 0 Å². The van der Waals surface area contributed by atoms with Gasteiger partial charge >= 0.3 is 5.97 Å². The molecule has 0 atom stereocenters. The second-order valence-corrected chi connectivity index (χ2v) is 8.32. The normalized spacial score (nSPS) is 11.0. The monoisotopic (exact) mass is 454 g/mol. The molecule has 0 aliphatic carbocycles. The van der Waals surface area contributed by atoms with E-state index in [0.29, 0.717) is 28.1 Å². The molecule has 5 heteroatoms. The zero-order valence-corrected chi connectivity index (χ0v) is 18.2. The zero-order valence-electron chi connectivity index (χ0n) is 16.6. The van der Waals surface area contributed by atoms with Crippen LogP contribution < -0.4 is 9.47 Å². The molecule has 4 nitrogen and oxygen atoms in total. The molecule has 29 heavy (non-hydrogen) atoms. The largest absolute Gasteiger partial charge is 0.489 e. The van der Waals surface area contributed by atoms with Gasteiger partial charge in [-0.3, -0.25) is 0 Å². The number of benzene rings is 3. The number of esters is 1. The van der Waals surface area contributed by atoms with E-state index in [2.05, 4.69) is 15.9 Å². The third-order valence-electron chi connectivity index (χ3n) is 3.88. The molecule has 3 aromatic carbocycles. The van der Waals surface area contributed by atoms with Crippen LogP contribution in [0.15, 0.2) is 77.3 Å². The maximum Gasteiger partial charge on any atom is 0.342 e. The van der Waals surface area contributed by atoms with E-state index in [4.69, 9.17) is 14.2 Å². The van der Waals surface area contributed by atoms with Gasteiger partial charge in [0.25, 0.3) is 0 Å². The molecule has 0 aliphatic heterocycles. The molecular formula is C24H23BrO4. The third-order valence-corrected chi connectivity index (χ3v) is 4.50. The van der Waals surface area contributed by atoms with Crippen molar-refractivity contribution in [3.05, 3.63) is 88.4 Å². The summed E-state index contributed by atoms with van der Waals surface area (Å²) < 4.78 is 18.0. The van der Waals surface area contributed by atoms with Crippen molar-refractivity contribution in [2.75, 3.05) is 0 Å². The Hall–Kier alpha value is -2.79. The highest BCUT2D eigenvalue weighted by molar-refractivity contribution is 9.10. The van der Waals surface area contributed by atoms with E-state index in [1.54, 1.807) is 24.3 Å². The summed E-state index contributed by atoms with van der Waals surface area (Å²) in [6.07, 6.45) is 0. The summed E-state index contributed by atoms with van der Waals surface area (Å²) in [6, 6.07) is 22.5. The lowest BCUT2D eigenvalue weighted by molar-refractivity contribution is 0.00670. The van der Waals surface area contributed by atoms with Crippen molar-refractivity contribution in [3.63, 3.8) is 0 Å². The first-order valence-electron chi connectivity index (χ1n) is 9.28. The van der Waals surface area contributed by atoms with Crippen LogP contribution in [-0.4, -0.2) is 11.6 Å². The van der Waals surface area contributed by atoms with Gasteiger partial charge in [0.05, 0.1) is 4.47 Å².